The van der Waals surface area contributed by atoms with Crippen LogP contribution in [0, 0.1) is 5.41 Å². The van der Waals surface area contributed by atoms with Gasteiger partial charge in [0.1, 0.15) is 6.61 Å². The first-order valence-corrected chi connectivity index (χ1v) is 10.2. The van der Waals surface area contributed by atoms with Crippen molar-refractivity contribution >= 4 is 27.7 Å². The number of Topliss-reactive ketones (excluding diaryl/α,β-unsaturated/α-hetero) is 1. The first-order chi connectivity index (χ1) is 13.2. The maximum atomic E-state index is 13.1. The van der Waals surface area contributed by atoms with Crippen molar-refractivity contribution in [2.75, 3.05) is 20.3 Å². The molecule has 0 saturated carbocycles. The number of hydrogen-bond donors (Lipinski definition) is 1. The largest absolute Gasteiger partial charge is 0.460 e. The van der Waals surface area contributed by atoms with Gasteiger partial charge in [-0.15, -0.1) is 0 Å². The van der Waals surface area contributed by atoms with Crippen LogP contribution >= 0.6 is 15.9 Å². The Morgan fingerprint density at radius 2 is 2.04 bits per heavy atom. The summed E-state index contributed by atoms with van der Waals surface area (Å²) in [5, 5.41) is 3.33. The summed E-state index contributed by atoms with van der Waals surface area (Å²) in [7, 11) is 1.56. The summed E-state index contributed by atoms with van der Waals surface area (Å²) < 4.78 is 11.3. The Labute approximate surface area is 174 Å². The van der Waals surface area contributed by atoms with Gasteiger partial charge in [0.25, 0.3) is 0 Å². The van der Waals surface area contributed by atoms with Crippen LogP contribution in [0.3, 0.4) is 0 Å². The fourth-order valence-corrected chi connectivity index (χ4v) is 4.44. The lowest BCUT2D eigenvalue weighted by Crippen LogP contribution is -2.38. The van der Waals surface area contributed by atoms with Crippen LogP contribution in [0.2, 0.25) is 0 Å². The van der Waals surface area contributed by atoms with Gasteiger partial charge in [0, 0.05) is 40.9 Å². The fraction of sp³-hybridized carbons (Fsp3) is 0.455. The molecule has 0 spiro atoms. The molecule has 28 heavy (non-hydrogen) atoms. The Kier molecular flexibility index (Phi) is 6.10. The normalized spacial score (nSPS) is 21.3. The van der Waals surface area contributed by atoms with E-state index in [1.54, 1.807) is 7.11 Å². The molecule has 5 nitrogen and oxygen atoms in total. The van der Waals surface area contributed by atoms with Crippen molar-refractivity contribution in [3.05, 3.63) is 56.8 Å². The lowest BCUT2D eigenvalue weighted by Gasteiger charge is -2.39. The molecule has 0 aromatic heterocycles. The molecule has 1 atom stereocenters. The number of allylic oxidation sites excluding steroid dienone is 3. The molecule has 0 bridgehead atoms. The summed E-state index contributed by atoms with van der Waals surface area (Å²) >= 11 is 3.51. The van der Waals surface area contributed by atoms with E-state index in [9.17, 15) is 9.59 Å². The number of methoxy groups -OCH3 is 1. The minimum atomic E-state index is -0.438. The standard InChI is InChI=1S/C22H26BrNO4/c1-13-18(21(26)28-9-8-27-4)19(14-6-5-7-15(23)10-14)20-16(24-13)11-22(2,3)12-17(20)25/h5-7,10,19,24H,8-9,11-12H2,1-4H3. The Balaban J connectivity index is 2.09. The Morgan fingerprint density at radius 1 is 1.29 bits per heavy atom. The second-order valence-electron chi connectivity index (χ2n) is 8.11. The molecular weight excluding hydrogens is 422 g/mol. The average Bonchev–Trinajstić information content (AvgIpc) is 2.59. The van der Waals surface area contributed by atoms with Crippen LogP contribution in [0.1, 0.15) is 45.1 Å². The number of carbonyl (C=O) groups is 2. The van der Waals surface area contributed by atoms with Gasteiger partial charge in [0.15, 0.2) is 5.78 Å². The molecule has 1 unspecified atom stereocenters. The van der Waals surface area contributed by atoms with Crippen LogP contribution in [0.5, 0.6) is 0 Å². The molecule has 6 heteroatoms. The van der Waals surface area contributed by atoms with Crippen LogP contribution < -0.4 is 5.32 Å². The molecule has 0 saturated heterocycles. The number of esters is 1. The number of carbonyl (C=O) groups excluding carboxylic acids is 2. The number of hydrogen-bond acceptors (Lipinski definition) is 5. The monoisotopic (exact) mass is 447 g/mol. The molecule has 1 aliphatic carbocycles. The van der Waals surface area contributed by atoms with Crippen molar-refractivity contribution in [2.45, 2.75) is 39.5 Å². The second kappa shape index (κ2) is 8.21. The van der Waals surface area contributed by atoms with Crippen LogP contribution in [0.15, 0.2) is 51.3 Å². The van der Waals surface area contributed by atoms with Crippen molar-refractivity contribution in [3.63, 3.8) is 0 Å². The lowest BCUT2D eigenvalue weighted by atomic mass is 9.68. The highest BCUT2D eigenvalue weighted by Crippen LogP contribution is 2.47. The van der Waals surface area contributed by atoms with E-state index in [2.05, 4.69) is 35.1 Å². The predicted molar refractivity (Wildman–Crippen MR) is 111 cm³/mol. The molecule has 1 heterocycles. The molecular formula is C22H26BrNO4. The second-order valence-corrected chi connectivity index (χ2v) is 9.03. The molecule has 1 aromatic rings. The van der Waals surface area contributed by atoms with E-state index in [4.69, 9.17) is 9.47 Å². The predicted octanol–water partition coefficient (Wildman–Crippen LogP) is 4.24. The number of benzene rings is 1. The SMILES string of the molecule is COCCOC(=O)C1=C(C)NC2=C(C(=O)CC(C)(C)C2)C1c1cccc(Br)c1. The van der Waals surface area contributed by atoms with Gasteiger partial charge in [-0.25, -0.2) is 4.79 Å². The summed E-state index contributed by atoms with van der Waals surface area (Å²) in [5.41, 5.74) is 3.60. The van der Waals surface area contributed by atoms with Gasteiger partial charge in [-0.05, 0) is 36.5 Å². The quantitative estimate of drug-likeness (QED) is 0.539. The van der Waals surface area contributed by atoms with E-state index in [0.717, 1.165) is 27.9 Å². The molecule has 2 aliphatic rings. The lowest BCUT2D eigenvalue weighted by molar-refractivity contribution is -0.140. The Hall–Kier alpha value is -1.92. The molecule has 0 radical (unpaired) electrons. The van der Waals surface area contributed by atoms with Crippen molar-refractivity contribution in [2.24, 2.45) is 5.41 Å². The number of ketones is 1. The van der Waals surface area contributed by atoms with Crippen molar-refractivity contribution < 1.29 is 19.1 Å². The third-order valence-electron chi connectivity index (χ3n) is 5.16. The van der Waals surface area contributed by atoms with E-state index < -0.39 is 11.9 Å². The number of ether oxygens (including phenoxy) is 2. The van der Waals surface area contributed by atoms with Crippen LogP contribution in [-0.4, -0.2) is 32.1 Å². The molecule has 1 aromatic carbocycles. The summed E-state index contributed by atoms with van der Waals surface area (Å²) in [5.74, 6) is -0.776. The highest BCUT2D eigenvalue weighted by molar-refractivity contribution is 9.10. The third-order valence-corrected chi connectivity index (χ3v) is 5.66. The maximum Gasteiger partial charge on any atom is 0.336 e. The van der Waals surface area contributed by atoms with Gasteiger partial charge in [-0.3, -0.25) is 4.79 Å². The van der Waals surface area contributed by atoms with Crippen LogP contribution in [-0.2, 0) is 19.1 Å². The Morgan fingerprint density at radius 3 is 2.71 bits per heavy atom. The van der Waals surface area contributed by atoms with Crippen molar-refractivity contribution in [1.29, 1.82) is 0 Å². The van der Waals surface area contributed by atoms with E-state index in [1.165, 1.54) is 0 Å². The molecule has 0 amide bonds. The molecule has 0 fully saturated rings. The first-order valence-electron chi connectivity index (χ1n) is 9.39. The van der Waals surface area contributed by atoms with E-state index in [0.29, 0.717) is 24.2 Å². The fourth-order valence-electron chi connectivity index (χ4n) is 4.02. The van der Waals surface area contributed by atoms with Gasteiger partial charge in [-0.1, -0.05) is 41.9 Å². The smallest absolute Gasteiger partial charge is 0.336 e. The minimum Gasteiger partial charge on any atom is -0.460 e. The summed E-state index contributed by atoms with van der Waals surface area (Å²) in [6.07, 6.45) is 1.23. The maximum absolute atomic E-state index is 13.1. The zero-order valence-corrected chi connectivity index (χ0v) is 18.3. The number of rotatable bonds is 5. The number of halogens is 1. The molecule has 1 aliphatic heterocycles. The summed E-state index contributed by atoms with van der Waals surface area (Å²) in [6, 6.07) is 7.76. The average molecular weight is 448 g/mol. The number of dihydropyridines is 1. The molecule has 1 N–H and O–H groups in total. The van der Waals surface area contributed by atoms with Crippen molar-refractivity contribution in [3.8, 4) is 0 Å². The van der Waals surface area contributed by atoms with Gasteiger partial charge in [0.2, 0.25) is 0 Å². The van der Waals surface area contributed by atoms with Gasteiger partial charge in [-0.2, -0.15) is 0 Å². The first kappa shape index (κ1) is 20.8. The van der Waals surface area contributed by atoms with Crippen molar-refractivity contribution in [1.82, 2.24) is 5.32 Å². The number of nitrogens with one attached hydrogen (secondary N) is 1. The van der Waals surface area contributed by atoms with E-state index >= 15 is 0 Å². The Bertz CT molecular complexity index is 869. The highest BCUT2D eigenvalue weighted by atomic mass is 79.9. The highest BCUT2D eigenvalue weighted by Gasteiger charge is 2.43. The third kappa shape index (κ3) is 4.23. The topological polar surface area (TPSA) is 64.6 Å². The van der Waals surface area contributed by atoms with Gasteiger partial charge >= 0.3 is 5.97 Å². The van der Waals surface area contributed by atoms with Crippen LogP contribution in [0.4, 0.5) is 0 Å². The minimum absolute atomic E-state index is 0.0819. The van der Waals surface area contributed by atoms with E-state index in [1.807, 2.05) is 31.2 Å². The molecule has 3 rings (SSSR count). The summed E-state index contributed by atoms with van der Waals surface area (Å²) in [6.45, 7) is 6.56. The zero-order valence-electron chi connectivity index (χ0n) is 16.7. The van der Waals surface area contributed by atoms with Gasteiger partial charge < -0.3 is 14.8 Å². The zero-order chi connectivity index (χ0) is 20.5. The molecule has 150 valence electrons. The van der Waals surface area contributed by atoms with Crippen LogP contribution in [0.25, 0.3) is 0 Å². The van der Waals surface area contributed by atoms with E-state index in [-0.39, 0.29) is 17.8 Å². The summed E-state index contributed by atoms with van der Waals surface area (Å²) in [4.78, 5) is 26.1. The van der Waals surface area contributed by atoms with Gasteiger partial charge in [0.05, 0.1) is 12.2 Å².